The molecule has 0 aromatic heterocycles. The monoisotopic (exact) mass is 224 g/mol. The van der Waals surface area contributed by atoms with Crippen molar-refractivity contribution < 1.29 is 0 Å². The van der Waals surface area contributed by atoms with Gasteiger partial charge in [0.1, 0.15) is 0 Å². The molecule has 0 saturated heterocycles. The van der Waals surface area contributed by atoms with Gasteiger partial charge in [0.05, 0.1) is 0 Å². The van der Waals surface area contributed by atoms with Gasteiger partial charge in [-0.15, -0.1) is 0 Å². The third kappa shape index (κ3) is 2.02. The summed E-state index contributed by atoms with van der Waals surface area (Å²) >= 11 is 0. The van der Waals surface area contributed by atoms with Gasteiger partial charge in [-0.05, 0) is 51.1 Å². The van der Waals surface area contributed by atoms with E-state index in [-0.39, 0.29) is 0 Å². The Bertz CT molecular complexity index is 229. The Morgan fingerprint density at radius 2 is 2.12 bits per heavy atom. The molecule has 2 rings (SSSR count). The van der Waals surface area contributed by atoms with Gasteiger partial charge in [0.25, 0.3) is 0 Å². The van der Waals surface area contributed by atoms with Gasteiger partial charge >= 0.3 is 0 Å². The van der Waals surface area contributed by atoms with Crippen LogP contribution in [0.15, 0.2) is 0 Å². The largest absolute Gasteiger partial charge is 0.329 e. The zero-order chi connectivity index (χ0) is 11.6. The summed E-state index contributed by atoms with van der Waals surface area (Å²) in [4.78, 5) is 2.60. The number of nitrogens with two attached hydrogens (primary N) is 1. The van der Waals surface area contributed by atoms with Crippen LogP contribution in [0.25, 0.3) is 0 Å². The van der Waals surface area contributed by atoms with Gasteiger partial charge in [-0.1, -0.05) is 26.2 Å². The number of unbranched alkanes of at least 4 members (excludes halogenated alkanes) is 2. The van der Waals surface area contributed by atoms with Crippen LogP contribution in [0.3, 0.4) is 0 Å². The molecule has 94 valence electrons. The van der Waals surface area contributed by atoms with E-state index in [1.807, 2.05) is 0 Å². The SMILES string of the molecule is CCCCCN(C)C1(CN)CC2CCC1C2. The number of fused-ring (bicyclic) bond motifs is 2. The van der Waals surface area contributed by atoms with Crippen molar-refractivity contribution in [3.8, 4) is 0 Å². The Kier molecular flexibility index (Phi) is 3.91. The lowest BCUT2D eigenvalue weighted by molar-refractivity contribution is 0.0643. The summed E-state index contributed by atoms with van der Waals surface area (Å²) in [6.45, 7) is 4.39. The number of hydrogen-bond acceptors (Lipinski definition) is 2. The zero-order valence-electron chi connectivity index (χ0n) is 11.0. The van der Waals surface area contributed by atoms with Crippen molar-refractivity contribution >= 4 is 0 Å². The van der Waals surface area contributed by atoms with Crippen LogP contribution in [0.2, 0.25) is 0 Å². The summed E-state index contributed by atoms with van der Waals surface area (Å²) in [5.41, 5.74) is 6.49. The van der Waals surface area contributed by atoms with Crippen molar-refractivity contribution in [1.29, 1.82) is 0 Å². The van der Waals surface area contributed by atoms with E-state index >= 15 is 0 Å². The van der Waals surface area contributed by atoms with Crippen LogP contribution in [0, 0.1) is 11.8 Å². The average Bonchev–Trinajstić information content (AvgIpc) is 2.89. The first-order valence-corrected chi connectivity index (χ1v) is 7.14. The van der Waals surface area contributed by atoms with E-state index in [0.717, 1.165) is 18.4 Å². The van der Waals surface area contributed by atoms with Crippen LogP contribution in [0.1, 0.15) is 51.9 Å². The molecule has 3 unspecified atom stereocenters. The van der Waals surface area contributed by atoms with Gasteiger partial charge in [-0.2, -0.15) is 0 Å². The first-order valence-electron chi connectivity index (χ1n) is 7.14. The van der Waals surface area contributed by atoms with Crippen molar-refractivity contribution in [1.82, 2.24) is 4.90 Å². The molecule has 0 aromatic carbocycles. The van der Waals surface area contributed by atoms with E-state index < -0.39 is 0 Å². The lowest BCUT2D eigenvalue weighted by Gasteiger charge is -2.44. The second-order valence-corrected chi connectivity index (χ2v) is 6.02. The minimum Gasteiger partial charge on any atom is -0.329 e. The van der Waals surface area contributed by atoms with Crippen molar-refractivity contribution in [3.05, 3.63) is 0 Å². The summed E-state index contributed by atoms with van der Waals surface area (Å²) < 4.78 is 0. The molecule has 2 heteroatoms. The molecule has 0 aromatic rings. The second-order valence-electron chi connectivity index (χ2n) is 6.02. The summed E-state index contributed by atoms with van der Waals surface area (Å²) in [5, 5.41) is 0. The Hall–Kier alpha value is -0.0800. The number of hydrogen-bond donors (Lipinski definition) is 1. The van der Waals surface area contributed by atoms with Crippen LogP contribution in [0.5, 0.6) is 0 Å². The minimum absolute atomic E-state index is 0.372. The van der Waals surface area contributed by atoms with Crippen molar-refractivity contribution in [3.63, 3.8) is 0 Å². The highest BCUT2D eigenvalue weighted by Crippen LogP contribution is 2.52. The Morgan fingerprint density at radius 3 is 2.62 bits per heavy atom. The molecule has 0 heterocycles. The third-order valence-electron chi connectivity index (χ3n) is 5.15. The molecule has 2 aliphatic carbocycles. The molecule has 0 radical (unpaired) electrons. The van der Waals surface area contributed by atoms with Crippen LogP contribution in [0.4, 0.5) is 0 Å². The Labute approximate surface area is 101 Å². The predicted molar refractivity (Wildman–Crippen MR) is 69.4 cm³/mol. The van der Waals surface area contributed by atoms with E-state index in [9.17, 15) is 0 Å². The standard InChI is InChI=1S/C14H28N2/c1-3-4-5-8-16(2)14(11-15)10-12-6-7-13(14)9-12/h12-13H,3-11,15H2,1-2H3. The molecule has 2 bridgehead atoms. The highest BCUT2D eigenvalue weighted by Gasteiger charge is 2.51. The van der Waals surface area contributed by atoms with Crippen LogP contribution >= 0.6 is 0 Å². The lowest BCUT2D eigenvalue weighted by Crippen LogP contribution is -2.55. The molecule has 2 aliphatic rings. The number of rotatable bonds is 6. The van der Waals surface area contributed by atoms with E-state index in [0.29, 0.717) is 5.54 Å². The smallest absolute Gasteiger partial charge is 0.0359 e. The summed E-state index contributed by atoms with van der Waals surface area (Å²) in [5.74, 6) is 1.89. The van der Waals surface area contributed by atoms with Crippen LogP contribution in [-0.4, -0.2) is 30.6 Å². The van der Waals surface area contributed by atoms with Gasteiger partial charge in [0, 0.05) is 12.1 Å². The minimum atomic E-state index is 0.372. The second kappa shape index (κ2) is 5.05. The van der Waals surface area contributed by atoms with Crippen molar-refractivity contribution in [2.45, 2.75) is 57.4 Å². The quantitative estimate of drug-likeness (QED) is 0.703. The fourth-order valence-corrected chi connectivity index (χ4v) is 4.11. The molecule has 2 saturated carbocycles. The molecule has 3 atom stereocenters. The summed E-state index contributed by atoms with van der Waals surface area (Å²) in [6, 6.07) is 0. The third-order valence-corrected chi connectivity index (χ3v) is 5.15. The molecular formula is C14H28N2. The topological polar surface area (TPSA) is 29.3 Å². The normalized spacial score (nSPS) is 37.5. The molecule has 2 N–H and O–H groups in total. The maximum Gasteiger partial charge on any atom is 0.0359 e. The summed E-state index contributed by atoms with van der Waals surface area (Å²) in [6.07, 6.45) is 9.74. The molecule has 16 heavy (non-hydrogen) atoms. The highest BCUT2D eigenvalue weighted by atomic mass is 15.2. The number of likely N-dealkylation sites (N-methyl/N-ethyl adjacent to an activating group) is 1. The predicted octanol–water partition coefficient (Wildman–Crippen LogP) is 2.63. The lowest BCUT2D eigenvalue weighted by atomic mass is 9.79. The molecule has 0 aliphatic heterocycles. The molecule has 0 amide bonds. The van der Waals surface area contributed by atoms with Crippen LogP contribution < -0.4 is 5.73 Å². The molecule has 0 spiro atoms. The first-order chi connectivity index (χ1) is 7.73. The Balaban J connectivity index is 1.93. The van der Waals surface area contributed by atoms with E-state index in [1.54, 1.807) is 0 Å². The molecule has 2 fully saturated rings. The summed E-state index contributed by atoms with van der Waals surface area (Å²) in [7, 11) is 2.31. The van der Waals surface area contributed by atoms with Gasteiger partial charge < -0.3 is 5.73 Å². The van der Waals surface area contributed by atoms with Gasteiger partial charge in [0.15, 0.2) is 0 Å². The average molecular weight is 224 g/mol. The van der Waals surface area contributed by atoms with Gasteiger partial charge in [-0.25, -0.2) is 0 Å². The molecule has 2 nitrogen and oxygen atoms in total. The van der Waals surface area contributed by atoms with E-state index in [2.05, 4.69) is 18.9 Å². The number of nitrogens with zero attached hydrogens (tertiary/aromatic N) is 1. The maximum atomic E-state index is 6.12. The van der Waals surface area contributed by atoms with Gasteiger partial charge in [0.2, 0.25) is 0 Å². The molecular weight excluding hydrogens is 196 g/mol. The van der Waals surface area contributed by atoms with Crippen molar-refractivity contribution in [2.75, 3.05) is 20.1 Å². The first kappa shape index (κ1) is 12.4. The maximum absolute atomic E-state index is 6.12. The zero-order valence-corrected chi connectivity index (χ0v) is 11.0. The highest BCUT2D eigenvalue weighted by molar-refractivity contribution is 5.07. The fraction of sp³-hybridized carbons (Fsp3) is 1.00. The Morgan fingerprint density at radius 1 is 1.31 bits per heavy atom. The van der Waals surface area contributed by atoms with Crippen LogP contribution in [-0.2, 0) is 0 Å². The fourth-order valence-electron chi connectivity index (χ4n) is 4.11. The van der Waals surface area contributed by atoms with Gasteiger partial charge in [-0.3, -0.25) is 4.90 Å². The van der Waals surface area contributed by atoms with E-state index in [4.69, 9.17) is 5.73 Å². The van der Waals surface area contributed by atoms with Crippen molar-refractivity contribution in [2.24, 2.45) is 17.6 Å². The van der Waals surface area contributed by atoms with E-state index in [1.165, 1.54) is 51.5 Å².